The molecule has 6 heteroatoms. The fourth-order valence-electron chi connectivity index (χ4n) is 22.6. The van der Waals surface area contributed by atoms with Gasteiger partial charge in [-0.25, -0.2) is 0 Å². The van der Waals surface area contributed by atoms with Crippen molar-refractivity contribution in [3.8, 4) is 55.6 Å². The van der Waals surface area contributed by atoms with Crippen LogP contribution in [0, 0.1) is 0 Å². The Labute approximate surface area is 849 Å². The third-order valence-corrected chi connectivity index (χ3v) is 32.2. The van der Waals surface area contributed by atoms with Crippen molar-refractivity contribution >= 4 is 168 Å². The zero-order valence-electron chi connectivity index (χ0n) is 81.8. The Hall–Kier alpha value is -16.7. The summed E-state index contributed by atoms with van der Waals surface area (Å²) >= 11 is 3.73. The minimum absolute atomic E-state index is 0.00728. The molecule has 0 bridgehead atoms. The summed E-state index contributed by atoms with van der Waals surface area (Å²) in [4.78, 5) is 7.14. The van der Waals surface area contributed by atoms with Gasteiger partial charge in [0.05, 0.1) is 5.41 Å². The number of benzene rings is 22. The molecule has 0 saturated carbocycles. The number of furan rings is 1. The largest absolute Gasteiger partial charge is 0.456 e. The van der Waals surface area contributed by atoms with Crippen LogP contribution in [-0.2, 0) is 21.7 Å². The number of para-hydroxylation sites is 2. The summed E-state index contributed by atoms with van der Waals surface area (Å²) in [5, 5.41) is 15.1. The zero-order chi connectivity index (χ0) is 97.1. The summed E-state index contributed by atoms with van der Waals surface area (Å²) in [6.45, 7) is 18.3. The van der Waals surface area contributed by atoms with E-state index in [1.54, 1.807) is 0 Å². The van der Waals surface area contributed by atoms with E-state index in [-0.39, 0.29) is 16.2 Å². The summed E-state index contributed by atoms with van der Waals surface area (Å²) in [6.07, 6.45) is 0. The second kappa shape index (κ2) is 35.8. The van der Waals surface area contributed by atoms with E-state index in [0.29, 0.717) is 0 Å². The molecular weight excluding hydrogens is 1780 g/mol. The quantitative estimate of drug-likeness (QED) is 0.108. The zero-order valence-corrected chi connectivity index (χ0v) is 83.5. The molecule has 0 unspecified atom stereocenters. The molecule has 27 rings (SSSR count). The van der Waals surface area contributed by atoms with Gasteiger partial charge in [-0.1, -0.05) is 371 Å². The van der Waals surface area contributed by atoms with Gasteiger partial charge < -0.3 is 19.1 Å². The minimum atomic E-state index is -0.486. The maximum Gasteiger partial charge on any atom is 0.136 e. The molecule has 0 radical (unpaired) electrons. The van der Waals surface area contributed by atoms with Crippen molar-refractivity contribution < 1.29 is 4.42 Å². The maximum absolute atomic E-state index is 6.28. The lowest BCUT2D eigenvalue weighted by atomic mass is 9.67. The van der Waals surface area contributed by atoms with Crippen LogP contribution < -0.4 is 14.7 Å². The Balaban J connectivity index is 0.000000114. The number of hydrogen-bond acceptors (Lipinski definition) is 6. The predicted octanol–water partition coefficient (Wildman–Crippen LogP) is 39.8. The maximum atomic E-state index is 6.28. The van der Waals surface area contributed by atoms with Gasteiger partial charge in [-0.3, -0.25) is 0 Å². The summed E-state index contributed by atoms with van der Waals surface area (Å²) in [7, 11) is 0. The Morgan fingerprint density at radius 1 is 0.208 bits per heavy atom. The van der Waals surface area contributed by atoms with Crippen molar-refractivity contribution in [2.75, 3.05) is 14.7 Å². The van der Waals surface area contributed by atoms with Crippen LogP contribution in [0.2, 0.25) is 0 Å². The molecule has 25 aromatic rings. The van der Waals surface area contributed by atoms with Gasteiger partial charge in [0.2, 0.25) is 0 Å². The molecular formula is C138H105N3OS2. The van der Waals surface area contributed by atoms with Gasteiger partial charge in [0.25, 0.3) is 0 Å². The molecule has 0 spiro atoms. The van der Waals surface area contributed by atoms with Gasteiger partial charge in [0, 0.05) is 108 Å². The molecule has 4 nitrogen and oxygen atoms in total. The van der Waals surface area contributed by atoms with Crippen molar-refractivity contribution in [3.63, 3.8) is 0 Å². The van der Waals surface area contributed by atoms with Gasteiger partial charge in [-0.15, -0.1) is 22.7 Å². The highest BCUT2D eigenvalue weighted by Gasteiger charge is 2.47. The van der Waals surface area contributed by atoms with E-state index in [0.717, 1.165) is 78.6 Å². The molecule has 2 aliphatic rings. The summed E-state index contributed by atoms with van der Waals surface area (Å²) in [5.74, 6) is 0. The van der Waals surface area contributed by atoms with Crippen molar-refractivity contribution in [3.05, 3.63) is 536 Å². The van der Waals surface area contributed by atoms with Crippen LogP contribution in [-0.4, -0.2) is 0 Å². The average Bonchev–Trinajstić information content (AvgIpc) is 1.52. The number of fused-ring (bicyclic) bond motifs is 18. The normalized spacial score (nSPS) is 12.8. The molecule has 0 atom stereocenters. The summed E-state index contributed by atoms with van der Waals surface area (Å²) in [5.41, 5.74) is 34.8. The number of rotatable bonds is 14. The van der Waals surface area contributed by atoms with E-state index >= 15 is 0 Å². The highest BCUT2D eigenvalue weighted by molar-refractivity contribution is 7.26. The Morgan fingerprint density at radius 3 is 1.24 bits per heavy atom. The van der Waals surface area contributed by atoms with Gasteiger partial charge in [0.1, 0.15) is 11.2 Å². The van der Waals surface area contributed by atoms with E-state index in [1.165, 1.54) is 167 Å². The average molecular weight is 1890 g/mol. The van der Waals surface area contributed by atoms with E-state index in [1.807, 2.05) is 22.7 Å². The van der Waals surface area contributed by atoms with Crippen molar-refractivity contribution in [1.29, 1.82) is 0 Å². The molecule has 0 N–H and O–H groups in total. The van der Waals surface area contributed by atoms with Crippen LogP contribution in [0.3, 0.4) is 0 Å². The molecule has 0 amide bonds. The fraction of sp³-hybridized carbons (Fsp3) is 0.0870. The first kappa shape index (κ1) is 88.7. The first-order valence-electron chi connectivity index (χ1n) is 50.0. The standard InChI is InChI=1S/C55H49N.C43H31NS.C40H25NOS/c1-53(2,3)41-27-31-45(32-28-41)56(46-33-29-42(30-34-46)54(4,5)6)47-24-15-19-40(35-47)48-25-16-26-50-52(48)49-36-38-17-13-14-18-39(38)37-51(49)55(50,43-20-9-7-10-21-43)44-22-11-8-12-23-44;1-43(2)39-15-9-8-14-35(39)37-27-34(21-23-40(37)43)44(32-12-4-3-5-13-32)33-19-16-28(17-20-33)31-18-22-36-38-24-29-10-6-7-11-30(29)25-42(38)45-41(36)26-31;1-2-12-30(13-3-1)41(32-18-20-40-36(25-32)33-15-6-7-16-39(33)43-40)31-14-8-11-26(21-31)29-17-19-37-34(23-29)35-22-27-9-4-5-10-28(27)24-38(35)42-37/h7-37H,1-6H3;3-27H,1-2H3;1-25H. The first-order chi connectivity index (χ1) is 70.4. The molecule has 0 fully saturated rings. The minimum Gasteiger partial charge on any atom is -0.456 e. The van der Waals surface area contributed by atoms with Crippen LogP contribution >= 0.6 is 22.7 Å². The molecule has 3 aromatic heterocycles. The van der Waals surface area contributed by atoms with E-state index in [4.69, 9.17) is 4.42 Å². The molecule has 0 aliphatic heterocycles. The SMILES string of the molecule is CC(C)(C)c1ccc(N(c2ccc(C(C)(C)C)cc2)c2cccc(-c3cccc4c3-c3cc5ccccc5cc3C4(c3ccccc3)c3ccccc3)c2)cc1.CC1(C)c2ccccc2-c2cc(N(c3ccccc3)c3ccc(-c4ccc5c(c4)sc4cc6ccccc6cc45)cc3)ccc21.c1ccc(N(c2cccc(-c3ccc4oc5cc6ccccc6cc5c4c3)c2)c2ccc3sc4ccccc4c3c2)cc1. The fourth-order valence-corrected chi connectivity index (χ4v) is 24.9. The highest BCUT2D eigenvalue weighted by atomic mass is 32.1. The monoisotopic (exact) mass is 1880 g/mol. The molecule has 144 heavy (non-hydrogen) atoms. The van der Waals surface area contributed by atoms with Crippen molar-refractivity contribution in [2.24, 2.45) is 0 Å². The molecule has 3 heterocycles. The summed E-state index contributed by atoms with van der Waals surface area (Å²) < 4.78 is 11.6. The number of nitrogens with zero attached hydrogens (tertiary/aromatic N) is 3. The van der Waals surface area contributed by atoms with Crippen LogP contribution in [0.1, 0.15) is 99.9 Å². The van der Waals surface area contributed by atoms with Crippen LogP contribution in [0.4, 0.5) is 51.2 Å². The topological polar surface area (TPSA) is 22.9 Å². The van der Waals surface area contributed by atoms with Gasteiger partial charge in [0.15, 0.2) is 0 Å². The molecule has 2 aliphatic carbocycles. The van der Waals surface area contributed by atoms with Crippen LogP contribution in [0.25, 0.3) is 150 Å². The van der Waals surface area contributed by atoms with E-state index in [2.05, 4.69) is 561 Å². The summed E-state index contributed by atoms with van der Waals surface area (Å²) in [6, 6.07) is 180. The molecule has 690 valence electrons. The number of anilines is 9. The van der Waals surface area contributed by atoms with E-state index in [9.17, 15) is 0 Å². The van der Waals surface area contributed by atoms with Crippen molar-refractivity contribution in [1.82, 2.24) is 0 Å². The smallest absolute Gasteiger partial charge is 0.136 e. The third-order valence-electron chi connectivity index (χ3n) is 29.9. The highest BCUT2D eigenvalue weighted by Crippen LogP contribution is 2.60. The Morgan fingerprint density at radius 2 is 0.604 bits per heavy atom. The van der Waals surface area contributed by atoms with Gasteiger partial charge >= 0.3 is 0 Å². The first-order valence-corrected chi connectivity index (χ1v) is 51.7. The second-order valence-corrected chi connectivity index (χ2v) is 43.2. The third kappa shape index (κ3) is 15.8. The lowest BCUT2D eigenvalue weighted by Gasteiger charge is -2.34. The lowest BCUT2D eigenvalue weighted by molar-refractivity contribution is 0.590. The second-order valence-electron chi connectivity index (χ2n) is 41.1. The number of thiophene rings is 2. The van der Waals surface area contributed by atoms with Gasteiger partial charge in [-0.2, -0.15) is 0 Å². The van der Waals surface area contributed by atoms with Crippen LogP contribution in [0.5, 0.6) is 0 Å². The Kier molecular flexibility index (Phi) is 22.0. The number of hydrogen-bond donors (Lipinski definition) is 0. The molecule has 0 saturated heterocycles. The molecule has 22 aromatic carbocycles. The van der Waals surface area contributed by atoms with Crippen molar-refractivity contribution in [2.45, 2.75) is 77.0 Å². The van der Waals surface area contributed by atoms with Gasteiger partial charge in [-0.05, 0) is 319 Å². The van der Waals surface area contributed by atoms with Crippen LogP contribution in [0.15, 0.2) is 496 Å². The Bertz CT molecular complexity index is 9150. The predicted molar refractivity (Wildman–Crippen MR) is 618 cm³/mol. The lowest BCUT2D eigenvalue weighted by Crippen LogP contribution is -2.28. The van der Waals surface area contributed by atoms with E-state index < -0.39 is 5.41 Å².